The standard InChI is InChI=1S/C11H17NO3S/c1-11(2,3)8-5-6-10(16(12,13)14)9(7-8)15-4/h5-7H,1-4H3,(H2,12,13,14). The SMILES string of the molecule is COc1cc(C(C)(C)C)ccc1S(N)(=O)=O. The van der Waals surface area contributed by atoms with Gasteiger partial charge in [-0.3, -0.25) is 0 Å². The van der Waals surface area contributed by atoms with Crippen molar-refractivity contribution in [1.29, 1.82) is 0 Å². The number of hydrogen-bond acceptors (Lipinski definition) is 3. The van der Waals surface area contributed by atoms with Crippen LogP contribution in [0.2, 0.25) is 0 Å². The molecule has 0 aliphatic rings. The van der Waals surface area contributed by atoms with Crippen molar-refractivity contribution in [3.63, 3.8) is 0 Å². The number of primary sulfonamides is 1. The molecule has 0 aromatic heterocycles. The minimum absolute atomic E-state index is 0.0167. The minimum atomic E-state index is -3.73. The van der Waals surface area contributed by atoms with Gasteiger partial charge in [0.2, 0.25) is 10.0 Å². The van der Waals surface area contributed by atoms with Gasteiger partial charge in [-0.2, -0.15) is 0 Å². The maximum Gasteiger partial charge on any atom is 0.241 e. The van der Waals surface area contributed by atoms with Crippen molar-refractivity contribution in [1.82, 2.24) is 0 Å². The number of benzene rings is 1. The first kappa shape index (κ1) is 13.0. The molecule has 2 N–H and O–H groups in total. The van der Waals surface area contributed by atoms with E-state index in [9.17, 15) is 8.42 Å². The molecule has 1 rings (SSSR count). The summed E-state index contributed by atoms with van der Waals surface area (Å²) >= 11 is 0. The molecule has 1 aromatic rings. The molecule has 0 amide bonds. The molecule has 4 nitrogen and oxygen atoms in total. The van der Waals surface area contributed by atoms with E-state index >= 15 is 0 Å². The fraction of sp³-hybridized carbons (Fsp3) is 0.455. The van der Waals surface area contributed by atoms with E-state index in [1.807, 2.05) is 20.8 Å². The fourth-order valence-corrected chi connectivity index (χ4v) is 2.05. The van der Waals surface area contributed by atoms with Crippen LogP contribution in [-0.4, -0.2) is 15.5 Å². The summed E-state index contributed by atoms with van der Waals surface area (Å²) in [5.41, 5.74) is 0.932. The molecule has 16 heavy (non-hydrogen) atoms. The summed E-state index contributed by atoms with van der Waals surface area (Å²) in [5.74, 6) is 0.287. The van der Waals surface area contributed by atoms with Crippen LogP contribution >= 0.6 is 0 Å². The lowest BCUT2D eigenvalue weighted by atomic mass is 9.87. The van der Waals surface area contributed by atoms with Crippen LogP contribution in [0.4, 0.5) is 0 Å². The highest BCUT2D eigenvalue weighted by Crippen LogP contribution is 2.30. The Morgan fingerprint density at radius 3 is 2.19 bits per heavy atom. The van der Waals surface area contributed by atoms with Gasteiger partial charge >= 0.3 is 0 Å². The lowest BCUT2D eigenvalue weighted by Crippen LogP contribution is -2.16. The molecule has 0 spiro atoms. The normalized spacial score (nSPS) is 12.6. The van der Waals surface area contributed by atoms with E-state index in [1.54, 1.807) is 12.1 Å². The highest BCUT2D eigenvalue weighted by atomic mass is 32.2. The Kier molecular flexibility index (Phi) is 3.30. The first-order valence-corrected chi connectivity index (χ1v) is 6.42. The zero-order valence-corrected chi connectivity index (χ0v) is 10.8. The fourth-order valence-electron chi connectivity index (χ4n) is 1.37. The van der Waals surface area contributed by atoms with Crippen molar-refractivity contribution in [2.75, 3.05) is 7.11 Å². The molecule has 0 fully saturated rings. The van der Waals surface area contributed by atoms with Gasteiger partial charge in [0.05, 0.1) is 7.11 Å². The molecule has 0 aliphatic carbocycles. The smallest absolute Gasteiger partial charge is 0.241 e. The van der Waals surface area contributed by atoms with Crippen LogP contribution in [0.1, 0.15) is 26.3 Å². The van der Waals surface area contributed by atoms with Gasteiger partial charge in [-0.1, -0.05) is 26.8 Å². The summed E-state index contributed by atoms with van der Waals surface area (Å²) in [7, 11) is -2.31. The van der Waals surface area contributed by atoms with Crippen LogP contribution < -0.4 is 9.88 Å². The first-order chi connectivity index (χ1) is 7.16. The molecule has 0 aliphatic heterocycles. The quantitative estimate of drug-likeness (QED) is 0.858. The number of sulfonamides is 1. The highest BCUT2D eigenvalue weighted by molar-refractivity contribution is 7.89. The first-order valence-electron chi connectivity index (χ1n) is 4.87. The number of hydrogen-bond donors (Lipinski definition) is 1. The van der Waals surface area contributed by atoms with Crippen molar-refractivity contribution < 1.29 is 13.2 Å². The number of ether oxygens (including phenoxy) is 1. The third-order valence-corrected chi connectivity index (χ3v) is 3.29. The molecule has 90 valence electrons. The summed E-state index contributed by atoms with van der Waals surface area (Å²) in [5, 5.41) is 5.08. The number of methoxy groups -OCH3 is 1. The van der Waals surface area contributed by atoms with E-state index in [2.05, 4.69) is 0 Å². The van der Waals surface area contributed by atoms with Crippen molar-refractivity contribution >= 4 is 10.0 Å². The van der Waals surface area contributed by atoms with Crippen LogP contribution in [-0.2, 0) is 15.4 Å². The zero-order chi connectivity index (χ0) is 12.6. The second-order valence-electron chi connectivity index (χ2n) is 4.66. The molecular weight excluding hydrogens is 226 g/mol. The highest BCUT2D eigenvalue weighted by Gasteiger charge is 2.19. The Morgan fingerprint density at radius 1 is 1.25 bits per heavy atom. The summed E-state index contributed by atoms with van der Waals surface area (Å²) in [6.07, 6.45) is 0. The lowest BCUT2D eigenvalue weighted by Gasteiger charge is -2.20. The van der Waals surface area contributed by atoms with Crippen LogP contribution in [0.25, 0.3) is 0 Å². The average molecular weight is 243 g/mol. The Hall–Kier alpha value is -1.07. The van der Waals surface area contributed by atoms with E-state index < -0.39 is 10.0 Å². The number of rotatable bonds is 2. The molecule has 0 radical (unpaired) electrons. The second kappa shape index (κ2) is 4.07. The van der Waals surface area contributed by atoms with E-state index in [1.165, 1.54) is 13.2 Å². The van der Waals surface area contributed by atoms with Crippen LogP contribution in [0.3, 0.4) is 0 Å². The summed E-state index contributed by atoms with van der Waals surface area (Å²) < 4.78 is 27.6. The van der Waals surface area contributed by atoms with E-state index in [0.717, 1.165) is 5.56 Å². The maximum absolute atomic E-state index is 11.3. The van der Waals surface area contributed by atoms with Gasteiger partial charge in [0, 0.05) is 0 Å². The van der Waals surface area contributed by atoms with Gasteiger partial charge in [0.15, 0.2) is 0 Å². The van der Waals surface area contributed by atoms with Gasteiger partial charge in [0.1, 0.15) is 10.6 Å². The molecule has 0 saturated heterocycles. The molecule has 0 atom stereocenters. The summed E-state index contributed by atoms with van der Waals surface area (Å²) in [6, 6.07) is 4.94. The minimum Gasteiger partial charge on any atom is -0.495 e. The molecule has 5 heteroatoms. The topological polar surface area (TPSA) is 69.4 Å². The molecular formula is C11H17NO3S. The molecule has 0 saturated carbocycles. The van der Waals surface area contributed by atoms with E-state index in [0.29, 0.717) is 0 Å². The summed E-state index contributed by atoms with van der Waals surface area (Å²) in [4.78, 5) is 0.0167. The largest absolute Gasteiger partial charge is 0.495 e. The Bertz CT molecular complexity index is 486. The average Bonchev–Trinajstić information content (AvgIpc) is 2.14. The molecule has 0 bridgehead atoms. The van der Waals surface area contributed by atoms with Crippen molar-refractivity contribution in [3.05, 3.63) is 23.8 Å². The van der Waals surface area contributed by atoms with Gasteiger partial charge in [-0.25, -0.2) is 13.6 Å². The summed E-state index contributed by atoms with van der Waals surface area (Å²) in [6.45, 7) is 6.12. The lowest BCUT2D eigenvalue weighted by molar-refractivity contribution is 0.400. The third-order valence-electron chi connectivity index (χ3n) is 2.34. The van der Waals surface area contributed by atoms with Gasteiger partial charge in [0.25, 0.3) is 0 Å². The van der Waals surface area contributed by atoms with Crippen molar-refractivity contribution in [2.45, 2.75) is 31.1 Å². The molecule has 0 unspecified atom stereocenters. The van der Waals surface area contributed by atoms with Crippen molar-refractivity contribution in [2.24, 2.45) is 5.14 Å². The number of nitrogens with two attached hydrogens (primary N) is 1. The van der Waals surface area contributed by atoms with E-state index in [-0.39, 0.29) is 16.1 Å². The van der Waals surface area contributed by atoms with Gasteiger partial charge in [-0.05, 0) is 23.1 Å². The second-order valence-corrected chi connectivity index (χ2v) is 6.19. The van der Waals surface area contributed by atoms with E-state index in [4.69, 9.17) is 9.88 Å². The van der Waals surface area contributed by atoms with Crippen LogP contribution in [0.15, 0.2) is 23.1 Å². The Balaban J connectivity index is 3.40. The maximum atomic E-state index is 11.3. The molecule has 1 aromatic carbocycles. The van der Waals surface area contributed by atoms with Crippen LogP contribution in [0.5, 0.6) is 5.75 Å². The Morgan fingerprint density at radius 2 is 1.81 bits per heavy atom. The van der Waals surface area contributed by atoms with Crippen molar-refractivity contribution in [3.8, 4) is 5.75 Å². The predicted octanol–water partition coefficient (Wildman–Crippen LogP) is 1.64. The van der Waals surface area contributed by atoms with Crippen LogP contribution in [0, 0.1) is 0 Å². The third kappa shape index (κ3) is 2.74. The van der Waals surface area contributed by atoms with Gasteiger partial charge < -0.3 is 4.74 Å². The Labute approximate surface area is 96.5 Å². The monoisotopic (exact) mass is 243 g/mol. The molecule has 0 heterocycles. The predicted molar refractivity (Wildman–Crippen MR) is 63.1 cm³/mol. The van der Waals surface area contributed by atoms with Gasteiger partial charge in [-0.15, -0.1) is 0 Å². The zero-order valence-electron chi connectivity index (χ0n) is 9.94.